The minimum Gasteiger partial charge on any atom is -0.394 e. The summed E-state index contributed by atoms with van der Waals surface area (Å²) < 4.78 is 0. The Morgan fingerprint density at radius 1 is 1.57 bits per heavy atom. The summed E-state index contributed by atoms with van der Waals surface area (Å²) in [6.45, 7) is 7.36. The molecule has 4 nitrogen and oxygen atoms in total. The van der Waals surface area contributed by atoms with Crippen molar-refractivity contribution in [1.29, 1.82) is 0 Å². The van der Waals surface area contributed by atoms with Gasteiger partial charge in [0.15, 0.2) is 0 Å². The highest BCUT2D eigenvalue weighted by molar-refractivity contribution is 5.82. The fraction of sp³-hybridized carbons (Fsp3) is 0.900. The average Bonchev–Trinajstić information content (AvgIpc) is 2.14. The summed E-state index contributed by atoms with van der Waals surface area (Å²) in [7, 11) is 0. The van der Waals surface area contributed by atoms with Crippen LogP contribution in [0.3, 0.4) is 0 Å². The van der Waals surface area contributed by atoms with Crippen LogP contribution >= 0.6 is 0 Å². The first-order valence-corrected chi connectivity index (χ1v) is 5.02. The molecule has 1 amide bonds. The first-order chi connectivity index (χ1) is 6.34. The van der Waals surface area contributed by atoms with Gasteiger partial charge < -0.3 is 16.2 Å². The van der Waals surface area contributed by atoms with Crippen molar-refractivity contribution in [2.24, 2.45) is 11.7 Å². The second-order valence-corrected chi connectivity index (χ2v) is 4.44. The Kier molecular flexibility index (Phi) is 5.08. The van der Waals surface area contributed by atoms with E-state index in [0.29, 0.717) is 0 Å². The van der Waals surface area contributed by atoms with Gasteiger partial charge in [0, 0.05) is 0 Å². The SMILES string of the molecule is CC[C@H](C)[C@H](N)C(=O)NC(C)(C)CO. The molecule has 0 radical (unpaired) electrons. The Morgan fingerprint density at radius 2 is 2.07 bits per heavy atom. The second kappa shape index (κ2) is 5.32. The number of carbonyl (C=O) groups excluding carboxylic acids is 1. The topological polar surface area (TPSA) is 75.4 Å². The lowest BCUT2D eigenvalue weighted by molar-refractivity contribution is -0.125. The molecule has 2 atom stereocenters. The molecule has 0 saturated carbocycles. The van der Waals surface area contributed by atoms with Crippen LogP contribution in [-0.2, 0) is 4.79 Å². The predicted molar refractivity (Wildman–Crippen MR) is 56.7 cm³/mol. The second-order valence-electron chi connectivity index (χ2n) is 4.44. The number of aliphatic hydroxyl groups excluding tert-OH is 1. The molecule has 0 aromatic rings. The molecule has 0 bridgehead atoms. The van der Waals surface area contributed by atoms with E-state index in [1.165, 1.54) is 0 Å². The maximum absolute atomic E-state index is 11.6. The van der Waals surface area contributed by atoms with E-state index in [-0.39, 0.29) is 18.4 Å². The van der Waals surface area contributed by atoms with Crippen LogP contribution in [0.5, 0.6) is 0 Å². The molecule has 0 aliphatic rings. The number of rotatable bonds is 5. The number of nitrogens with two attached hydrogens (primary N) is 1. The lowest BCUT2D eigenvalue weighted by Crippen LogP contribution is -2.54. The van der Waals surface area contributed by atoms with Crippen LogP contribution in [-0.4, -0.2) is 29.2 Å². The van der Waals surface area contributed by atoms with Gasteiger partial charge in [0.05, 0.1) is 18.2 Å². The van der Waals surface area contributed by atoms with Gasteiger partial charge in [0.2, 0.25) is 5.91 Å². The third-order valence-corrected chi connectivity index (χ3v) is 2.42. The fourth-order valence-electron chi connectivity index (χ4n) is 0.969. The molecule has 0 saturated heterocycles. The highest BCUT2D eigenvalue weighted by Gasteiger charge is 2.25. The Labute approximate surface area is 85.9 Å². The standard InChI is InChI=1S/C10H22N2O2/c1-5-7(2)8(11)9(14)12-10(3,4)6-13/h7-8,13H,5-6,11H2,1-4H3,(H,12,14)/t7-,8-/m0/s1. The van der Waals surface area contributed by atoms with Crippen molar-refractivity contribution >= 4 is 5.91 Å². The largest absolute Gasteiger partial charge is 0.394 e. The van der Waals surface area contributed by atoms with E-state index >= 15 is 0 Å². The summed E-state index contributed by atoms with van der Waals surface area (Å²) in [4.78, 5) is 11.6. The van der Waals surface area contributed by atoms with Crippen LogP contribution in [0.4, 0.5) is 0 Å². The zero-order valence-corrected chi connectivity index (χ0v) is 9.50. The van der Waals surface area contributed by atoms with Gasteiger partial charge >= 0.3 is 0 Å². The van der Waals surface area contributed by atoms with Gasteiger partial charge in [-0.2, -0.15) is 0 Å². The van der Waals surface area contributed by atoms with Gasteiger partial charge in [-0.25, -0.2) is 0 Å². The molecule has 0 spiro atoms. The molecule has 4 heteroatoms. The summed E-state index contributed by atoms with van der Waals surface area (Å²) >= 11 is 0. The van der Waals surface area contributed by atoms with Gasteiger partial charge in [-0.15, -0.1) is 0 Å². The minimum absolute atomic E-state index is 0.0913. The van der Waals surface area contributed by atoms with Crippen LogP contribution < -0.4 is 11.1 Å². The Morgan fingerprint density at radius 3 is 2.43 bits per heavy atom. The number of amides is 1. The molecule has 84 valence electrons. The van der Waals surface area contributed by atoms with Crippen LogP contribution in [0.15, 0.2) is 0 Å². The van der Waals surface area contributed by atoms with E-state index in [4.69, 9.17) is 10.8 Å². The van der Waals surface area contributed by atoms with Crippen molar-refractivity contribution in [2.75, 3.05) is 6.61 Å². The number of hydrogen-bond acceptors (Lipinski definition) is 3. The van der Waals surface area contributed by atoms with Gasteiger partial charge in [0.25, 0.3) is 0 Å². The maximum Gasteiger partial charge on any atom is 0.237 e. The quantitative estimate of drug-likeness (QED) is 0.598. The third kappa shape index (κ3) is 4.07. The van der Waals surface area contributed by atoms with Gasteiger partial charge in [0.1, 0.15) is 0 Å². The molecule has 0 aromatic carbocycles. The van der Waals surface area contributed by atoms with Crippen LogP contribution in [0.2, 0.25) is 0 Å². The number of hydrogen-bond donors (Lipinski definition) is 3. The third-order valence-electron chi connectivity index (χ3n) is 2.42. The fourth-order valence-corrected chi connectivity index (χ4v) is 0.969. The molecular formula is C10H22N2O2. The van der Waals surface area contributed by atoms with E-state index in [1.54, 1.807) is 13.8 Å². The van der Waals surface area contributed by atoms with E-state index in [9.17, 15) is 4.79 Å². The van der Waals surface area contributed by atoms with Crippen molar-refractivity contribution < 1.29 is 9.90 Å². The zero-order chi connectivity index (χ0) is 11.4. The van der Waals surface area contributed by atoms with Crippen LogP contribution in [0, 0.1) is 5.92 Å². The van der Waals surface area contributed by atoms with Crippen LogP contribution in [0.1, 0.15) is 34.1 Å². The molecule has 0 fully saturated rings. The highest BCUT2D eigenvalue weighted by Crippen LogP contribution is 2.07. The number of carbonyl (C=O) groups is 1. The van der Waals surface area contributed by atoms with Crippen molar-refractivity contribution in [3.8, 4) is 0 Å². The maximum atomic E-state index is 11.6. The smallest absolute Gasteiger partial charge is 0.237 e. The summed E-state index contributed by atoms with van der Waals surface area (Å²) in [5.74, 6) is -0.0390. The Bertz CT molecular complexity index is 193. The molecule has 4 N–H and O–H groups in total. The van der Waals surface area contributed by atoms with Gasteiger partial charge in [-0.1, -0.05) is 20.3 Å². The van der Waals surface area contributed by atoms with Crippen molar-refractivity contribution in [3.05, 3.63) is 0 Å². The minimum atomic E-state index is -0.595. The normalized spacial score (nSPS) is 16.1. The predicted octanol–water partition coefficient (Wildman–Crippen LogP) is 0.247. The molecule has 0 rings (SSSR count). The highest BCUT2D eigenvalue weighted by atomic mass is 16.3. The monoisotopic (exact) mass is 202 g/mol. The zero-order valence-electron chi connectivity index (χ0n) is 9.50. The molecule has 0 unspecified atom stereocenters. The summed E-state index contributed by atoms with van der Waals surface area (Å²) in [6.07, 6.45) is 0.869. The number of aliphatic hydroxyl groups is 1. The van der Waals surface area contributed by atoms with Crippen molar-refractivity contribution in [2.45, 2.75) is 45.7 Å². The number of nitrogens with one attached hydrogen (secondary N) is 1. The molecule has 0 heterocycles. The lowest BCUT2D eigenvalue weighted by Gasteiger charge is -2.27. The summed E-state index contributed by atoms with van der Waals surface area (Å²) in [5, 5.41) is 11.7. The Balaban J connectivity index is 4.21. The average molecular weight is 202 g/mol. The molecule has 0 aliphatic heterocycles. The first-order valence-electron chi connectivity index (χ1n) is 5.02. The van der Waals surface area contributed by atoms with E-state index in [0.717, 1.165) is 6.42 Å². The summed E-state index contributed by atoms with van der Waals surface area (Å²) in [5.41, 5.74) is 5.14. The van der Waals surface area contributed by atoms with Crippen LogP contribution in [0.25, 0.3) is 0 Å². The molecular weight excluding hydrogens is 180 g/mol. The van der Waals surface area contributed by atoms with Gasteiger partial charge in [-0.3, -0.25) is 4.79 Å². The molecule has 0 aromatic heterocycles. The molecule has 0 aliphatic carbocycles. The van der Waals surface area contributed by atoms with Gasteiger partial charge in [-0.05, 0) is 19.8 Å². The van der Waals surface area contributed by atoms with E-state index in [1.807, 2.05) is 13.8 Å². The molecule has 14 heavy (non-hydrogen) atoms. The Hall–Kier alpha value is -0.610. The lowest BCUT2D eigenvalue weighted by atomic mass is 9.98. The van der Waals surface area contributed by atoms with Crippen molar-refractivity contribution in [3.63, 3.8) is 0 Å². The van der Waals surface area contributed by atoms with E-state index in [2.05, 4.69) is 5.32 Å². The summed E-state index contributed by atoms with van der Waals surface area (Å²) in [6, 6.07) is -0.495. The van der Waals surface area contributed by atoms with E-state index < -0.39 is 11.6 Å². The first kappa shape index (κ1) is 13.4. The van der Waals surface area contributed by atoms with Crippen molar-refractivity contribution in [1.82, 2.24) is 5.32 Å².